The zero-order valence-corrected chi connectivity index (χ0v) is 14.0. The zero-order valence-electron chi connectivity index (χ0n) is 14.0. The number of hydrogen-bond acceptors (Lipinski definition) is 6. The number of ether oxygens (including phenoxy) is 2. The Hall–Kier alpha value is -3.41. The number of para-hydroxylation sites is 1. The number of benzene rings is 2. The van der Waals surface area contributed by atoms with Crippen molar-refractivity contribution in [3.05, 3.63) is 66.2 Å². The fourth-order valence-corrected chi connectivity index (χ4v) is 2.25. The molecule has 6 nitrogen and oxygen atoms in total. The molecular weight excluding hydrogens is 316 g/mol. The summed E-state index contributed by atoms with van der Waals surface area (Å²) in [6, 6.07) is 19.0. The van der Waals surface area contributed by atoms with Crippen molar-refractivity contribution in [3.8, 4) is 22.8 Å². The first-order valence-electron chi connectivity index (χ1n) is 7.70. The van der Waals surface area contributed by atoms with E-state index in [1.54, 1.807) is 20.4 Å². The highest BCUT2D eigenvalue weighted by atomic mass is 16.5. The molecule has 0 amide bonds. The monoisotopic (exact) mass is 334 g/mol. The van der Waals surface area contributed by atoms with Crippen LogP contribution in [0, 0.1) is 0 Å². The van der Waals surface area contributed by atoms with Crippen molar-refractivity contribution in [2.24, 2.45) is 5.10 Å². The van der Waals surface area contributed by atoms with E-state index >= 15 is 0 Å². The van der Waals surface area contributed by atoms with Gasteiger partial charge in [0, 0.05) is 5.56 Å². The van der Waals surface area contributed by atoms with Gasteiger partial charge in [-0.2, -0.15) is 5.10 Å². The molecule has 0 aliphatic heterocycles. The Labute approximate surface area is 146 Å². The van der Waals surface area contributed by atoms with E-state index < -0.39 is 0 Å². The molecular formula is C19H18N4O2. The highest BCUT2D eigenvalue weighted by Crippen LogP contribution is 2.27. The van der Waals surface area contributed by atoms with Gasteiger partial charge in [-0.3, -0.25) is 5.43 Å². The van der Waals surface area contributed by atoms with Crippen LogP contribution < -0.4 is 14.9 Å². The van der Waals surface area contributed by atoms with E-state index in [9.17, 15) is 0 Å². The highest BCUT2D eigenvalue weighted by molar-refractivity contribution is 5.80. The summed E-state index contributed by atoms with van der Waals surface area (Å²) in [5.41, 5.74) is 5.45. The van der Waals surface area contributed by atoms with E-state index in [0.717, 1.165) is 28.3 Å². The number of nitrogens with zero attached hydrogens (tertiary/aromatic N) is 3. The van der Waals surface area contributed by atoms with E-state index in [4.69, 9.17) is 9.47 Å². The van der Waals surface area contributed by atoms with Gasteiger partial charge in [0.25, 0.3) is 0 Å². The van der Waals surface area contributed by atoms with Gasteiger partial charge in [-0.25, -0.2) is 0 Å². The van der Waals surface area contributed by atoms with Gasteiger partial charge in [0.15, 0.2) is 5.82 Å². The number of nitrogens with one attached hydrogen (secondary N) is 1. The molecule has 0 aliphatic rings. The van der Waals surface area contributed by atoms with Gasteiger partial charge >= 0.3 is 0 Å². The average Bonchev–Trinajstić information content (AvgIpc) is 2.69. The lowest BCUT2D eigenvalue weighted by atomic mass is 10.1. The van der Waals surface area contributed by atoms with Crippen LogP contribution in [-0.4, -0.2) is 30.6 Å². The van der Waals surface area contributed by atoms with E-state index in [0.29, 0.717) is 5.82 Å². The lowest BCUT2D eigenvalue weighted by Gasteiger charge is -2.07. The minimum absolute atomic E-state index is 0.559. The average molecular weight is 334 g/mol. The molecule has 126 valence electrons. The van der Waals surface area contributed by atoms with Crippen molar-refractivity contribution in [2.45, 2.75) is 0 Å². The van der Waals surface area contributed by atoms with Crippen molar-refractivity contribution in [1.82, 2.24) is 10.2 Å². The molecule has 0 spiro atoms. The van der Waals surface area contributed by atoms with Crippen LogP contribution in [0.5, 0.6) is 11.5 Å². The fourth-order valence-electron chi connectivity index (χ4n) is 2.25. The van der Waals surface area contributed by atoms with Crippen LogP contribution in [0.15, 0.2) is 65.8 Å². The number of aromatic nitrogens is 2. The van der Waals surface area contributed by atoms with E-state index in [1.165, 1.54) is 0 Å². The second kappa shape index (κ2) is 7.92. The van der Waals surface area contributed by atoms with Crippen molar-refractivity contribution in [2.75, 3.05) is 19.6 Å². The Kier molecular flexibility index (Phi) is 5.21. The lowest BCUT2D eigenvalue weighted by Crippen LogP contribution is -1.97. The van der Waals surface area contributed by atoms with Crippen molar-refractivity contribution < 1.29 is 9.47 Å². The largest absolute Gasteiger partial charge is 0.497 e. The first-order valence-corrected chi connectivity index (χ1v) is 7.70. The second-order valence-electron chi connectivity index (χ2n) is 5.15. The highest BCUT2D eigenvalue weighted by Gasteiger charge is 2.06. The number of hydrazone groups is 1. The van der Waals surface area contributed by atoms with Crippen LogP contribution in [0.4, 0.5) is 5.82 Å². The number of methoxy groups -OCH3 is 2. The maximum absolute atomic E-state index is 5.34. The Morgan fingerprint density at radius 3 is 2.36 bits per heavy atom. The Balaban J connectivity index is 1.67. The minimum atomic E-state index is 0.559. The first kappa shape index (κ1) is 16.4. The molecule has 1 heterocycles. The third kappa shape index (κ3) is 4.11. The molecule has 0 bridgehead atoms. The molecule has 0 atom stereocenters. The summed E-state index contributed by atoms with van der Waals surface area (Å²) in [7, 11) is 3.27. The lowest BCUT2D eigenvalue weighted by molar-refractivity contribution is 0.415. The van der Waals surface area contributed by atoms with Gasteiger partial charge < -0.3 is 9.47 Å². The van der Waals surface area contributed by atoms with Crippen LogP contribution in [-0.2, 0) is 0 Å². The minimum Gasteiger partial charge on any atom is -0.497 e. The SMILES string of the molecule is COc1ccc(/C=N/Nc2ccc(-c3ccccc3OC)nn2)cc1. The summed E-state index contributed by atoms with van der Waals surface area (Å²) >= 11 is 0. The summed E-state index contributed by atoms with van der Waals surface area (Å²) in [6.45, 7) is 0. The number of hydrogen-bond donors (Lipinski definition) is 1. The molecule has 25 heavy (non-hydrogen) atoms. The summed E-state index contributed by atoms with van der Waals surface area (Å²) in [5.74, 6) is 2.13. The first-order chi connectivity index (χ1) is 12.3. The summed E-state index contributed by atoms with van der Waals surface area (Å²) < 4.78 is 10.5. The quantitative estimate of drug-likeness (QED) is 0.551. The predicted octanol–water partition coefficient (Wildman–Crippen LogP) is 3.61. The van der Waals surface area contributed by atoms with Crippen LogP contribution in [0.25, 0.3) is 11.3 Å². The molecule has 1 aromatic heterocycles. The number of anilines is 1. The smallest absolute Gasteiger partial charge is 0.168 e. The Morgan fingerprint density at radius 1 is 0.880 bits per heavy atom. The molecule has 0 saturated carbocycles. The molecule has 3 aromatic rings. The molecule has 0 aliphatic carbocycles. The summed E-state index contributed by atoms with van der Waals surface area (Å²) in [4.78, 5) is 0. The third-order valence-corrected chi connectivity index (χ3v) is 3.56. The van der Waals surface area contributed by atoms with E-state index in [1.807, 2.05) is 60.7 Å². The van der Waals surface area contributed by atoms with Gasteiger partial charge in [0.05, 0.1) is 26.1 Å². The van der Waals surface area contributed by atoms with Gasteiger partial charge in [-0.15, -0.1) is 10.2 Å². The van der Waals surface area contributed by atoms with Crippen LogP contribution in [0.3, 0.4) is 0 Å². The predicted molar refractivity (Wildman–Crippen MR) is 98.2 cm³/mol. The summed E-state index contributed by atoms with van der Waals surface area (Å²) in [5, 5.41) is 12.5. The Morgan fingerprint density at radius 2 is 1.68 bits per heavy atom. The maximum atomic E-state index is 5.34. The van der Waals surface area contributed by atoms with Crippen molar-refractivity contribution in [1.29, 1.82) is 0 Å². The van der Waals surface area contributed by atoms with Gasteiger partial charge in [-0.1, -0.05) is 12.1 Å². The standard InChI is InChI=1S/C19H18N4O2/c1-24-15-9-7-14(8-10-15)13-20-22-19-12-11-17(21-23-19)16-5-3-4-6-18(16)25-2/h3-13H,1-2H3,(H,22,23)/b20-13+. The maximum Gasteiger partial charge on any atom is 0.168 e. The van der Waals surface area contributed by atoms with Gasteiger partial charge in [-0.05, 0) is 54.1 Å². The molecule has 1 N–H and O–H groups in total. The Bertz CT molecular complexity index is 846. The normalized spacial score (nSPS) is 10.6. The molecule has 2 aromatic carbocycles. The molecule has 0 fully saturated rings. The molecule has 0 saturated heterocycles. The van der Waals surface area contributed by atoms with Crippen molar-refractivity contribution in [3.63, 3.8) is 0 Å². The van der Waals surface area contributed by atoms with Crippen molar-refractivity contribution >= 4 is 12.0 Å². The molecule has 0 radical (unpaired) electrons. The zero-order chi connectivity index (χ0) is 17.5. The number of rotatable bonds is 6. The van der Waals surface area contributed by atoms with Crippen LogP contribution in [0.2, 0.25) is 0 Å². The van der Waals surface area contributed by atoms with Gasteiger partial charge in [0.1, 0.15) is 11.5 Å². The molecule has 6 heteroatoms. The van der Waals surface area contributed by atoms with E-state index in [2.05, 4.69) is 20.7 Å². The van der Waals surface area contributed by atoms with Gasteiger partial charge in [0.2, 0.25) is 0 Å². The van der Waals surface area contributed by atoms with Crippen LogP contribution in [0.1, 0.15) is 5.56 Å². The second-order valence-corrected chi connectivity index (χ2v) is 5.15. The van der Waals surface area contributed by atoms with Crippen LogP contribution >= 0.6 is 0 Å². The third-order valence-electron chi connectivity index (χ3n) is 3.56. The fraction of sp³-hybridized carbons (Fsp3) is 0.105. The topological polar surface area (TPSA) is 68.6 Å². The summed E-state index contributed by atoms with van der Waals surface area (Å²) in [6.07, 6.45) is 1.70. The van der Waals surface area contributed by atoms with E-state index in [-0.39, 0.29) is 0 Å². The molecule has 0 unspecified atom stereocenters. The molecule has 3 rings (SSSR count).